The monoisotopic (exact) mass is 185 g/mol. The lowest BCUT2D eigenvalue weighted by atomic mass is 10.4. The summed E-state index contributed by atoms with van der Waals surface area (Å²) in [6.07, 6.45) is 3.23. The van der Waals surface area contributed by atoms with Crippen molar-refractivity contribution in [2.45, 2.75) is 0 Å². The number of anilines is 1. The summed E-state index contributed by atoms with van der Waals surface area (Å²) in [4.78, 5) is 7.91. The largest absolute Gasteiger partial charge is 0.375 e. The predicted octanol–water partition coefficient (Wildman–Crippen LogP) is 1.93. The third kappa shape index (κ3) is 1.04. The van der Waals surface area contributed by atoms with E-state index < -0.39 is 0 Å². The predicted molar refractivity (Wildman–Crippen MR) is 46.8 cm³/mol. The number of pyridine rings is 1. The van der Waals surface area contributed by atoms with Crippen LogP contribution in [0, 0.1) is 0 Å². The number of halogens is 1. The molecular weight excluding hydrogens is 182 g/mol. The molecule has 2 heterocycles. The number of nitrogen functional groups attached to an aromatic ring is 1. The molecule has 2 aromatic rings. The highest BCUT2D eigenvalue weighted by molar-refractivity contribution is 7.22. The number of nitrogens with two attached hydrogens (primary N) is 1. The van der Waals surface area contributed by atoms with Crippen molar-refractivity contribution in [3.63, 3.8) is 0 Å². The highest BCUT2D eigenvalue weighted by atomic mass is 35.5. The number of nitrogens with zero attached hydrogens (tertiary/aromatic N) is 2. The Labute approximate surface area is 71.8 Å². The number of hydrogen-bond acceptors (Lipinski definition) is 4. The van der Waals surface area contributed by atoms with Crippen LogP contribution in [-0.4, -0.2) is 9.97 Å². The first-order chi connectivity index (χ1) is 5.27. The van der Waals surface area contributed by atoms with Crippen LogP contribution in [0.2, 0.25) is 5.02 Å². The Hall–Kier alpha value is -0.870. The Morgan fingerprint density at radius 2 is 2.27 bits per heavy atom. The van der Waals surface area contributed by atoms with Crippen LogP contribution in [0.3, 0.4) is 0 Å². The van der Waals surface area contributed by atoms with Gasteiger partial charge >= 0.3 is 0 Å². The third-order valence-corrected chi connectivity index (χ3v) is 2.60. The second kappa shape index (κ2) is 2.32. The zero-order valence-corrected chi connectivity index (χ0v) is 6.99. The zero-order valence-electron chi connectivity index (χ0n) is 5.41. The molecule has 2 aromatic heterocycles. The van der Waals surface area contributed by atoms with Gasteiger partial charge in [-0.2, -0.15) is 0 Å². The number of hydrogen-bond donors (Lipinski definition) is 1. The lowest BCUT2D eigenvalue weighted by molar-refractivity contribution is 1.34. The van der Waals surface area contributed by atoms with Crippen LogP contribution in [-0.2, 0) is 0 Å². The minimum absolute atomic E-state index is 0.523. The maximum atomic E-state index is 5.82. The van der Waals surface area contributed by atoms with Crippen molar-refractivity contribution in [3.05, 3.63) is 17.4 Å². The van der Waals surface area contributed by atoms with E-state index in [1.54, 1.807) is 12.4 Å². The Balaban J connectivity index is 2.90. The molecule has 3 nitrogen and oxygen atoms in total. The van der Waals surface area contributed by atoms with Crippen molar-refractivity contribution in [1.82, 2.24) is 9.97 Å². The van der Waals surface area contributed by atoms with E-state index in [1.165, 1.54) is 11.3 Å². The summed E-state index contributed by atoms with van der Waals surface area (Å²) in [5.41, 5.74) is 6.24. The fraction of sp³-hybridized carbons (Fsp3) is 0. The smallest absolute Gasteiger partial charge is 0.181 e. The van der Waals surface area contributed by atoms with E-state index in [1.807, 2.05) is 0 Å². The maximum Gasteiger partial charge on any atom is 0.181 e. The molecule has 2 rings (SSSR count). The Bertz CT molecular complexity index is 398. The molecule has 0 radical (unpaired) electrons. The van der Waals surface area contributed by atoms with Crippen LogP contribution >= 0.6 is 22.9 Å². The fourth-order valence-corrected chi connectivity index (χ4v) is 1.81. The van der Waals surface area contributed by atoms with E-state index in [0.717, 1.165) is 10.2 Å². The Kier molecular flexibility index (Phi) is 1.44. The van der Waals surface area contributed by atoms with Gasteiger partial charge in [-0.15, -0.1) is 0 Å². The number of rotatable bonds is 0. The van der Waals surface area contributed by atoms with Crippen molar-refractivity contribution < 1.29 is 0 Å². The molecule has 2 N–H and O–H groups in total. The van der Waals surface area contributed by atoms with Crippen LogP contribution in [0.4, 0.5) is 5.13 Å². The van der Waals surface area contributed by atoms with Crippen molar-refractivity contribution in [2.75, 3.05) is 5.73 Å². The van der Waals surface area contributed by atoms with E-state index >= 15 is 0 Å². The highest BCUT2D eigenvalue weighted by Crippen LogP contribution is 2.28. The average molecular weight is 186 g/mol. The molecule has 11 heavy (non-hydrogen) atoms. The SMILES string of the molecule is Nc1nc2cncc(Cl)c2s1. The molecule has 5 heteroatoms. The number of fused-ring (bicyclic) bond motifs is 1. The molecular formula is C6H4ClN3S. The van der Waals surface area contributed by atoms with Crippen molar-refractivity contribution in [1.29, 1.82) is 0 Å². The minimum Gasteiger partial charge on any atom is -0.375 e. The molecule has 0 aromatic carbocycles. The second-order valence-electron chi connectivity index (χ2n) is 2.02. The molecule has 0 saturated carbocycles. The Morgan fingerprint density at radius 1 is 1.45 bits per heavy atom. The van der Waals surface area contributed by atoms with Crippen molar-refractivity contribution >= 4 is 38.3 Å². The van der Waals surface area contributed by atoms with E-state index in [9.17, 15) is 0 Å². The standard InChI is InChI=1S/C6H4ClN3S/c7-3-1-9-2-4-5(3)11-6(8)10-4/h1-2H,(H2,8,10). The first-order valence-electron chi connectivity index (χ1n) is 2.93. The lowest BCUT2D eigenvalue weighted by Gasteiger charge is -1.86. The summed E-state index contributed by atoms with van der Waals surface area (Å²) in [6.45, 7) is 0. The summed E-state index contributed by atoms with van der Waals surface area (Å²) in [7, 11) is 0. The number of thiazole rings is 1. The van der Waals surface area contributed by atoms with E-state index in [4.69, 9.17) is 17.3 Å². The highest BCUT2D eigenvalue weighted by Gasteiger charge is 2.03. The van der Waals surface area contributed by atoms with Gasteiger partial charge in [0.05, 0.1) is 15.9 Å². The van der Waals surface area contributed by atoms with Gasteiger partial charge in [0.15, 0.2) is 5.13 Å². The molecule has 0 bridgehead atoms. The van der Waals surface area contributed by atoms with Crippen LogP contribution in [0.25, 0.3) is 10.2 Å². The maximum absolute atomic E-state index is 5.82. The summed E-state index contributed by atoms with van der Waals surface area (Å²) in [5.74, 6) is 0. The van der Waals surface area contributed by atoms with Crippen molar-refractivity contribution in [2.24, 2.45) is 0 Å². The van der Waals surface area contributed by atoms with Gasteiger partial charge in [-0.1, -0.05) is 22.9 Å². The molecule has 0 saturated heterocycles. The van der Waals surface area contributed by atoms with Crippen LogP contribution in [0.15, 0.2) is 12.4 Å². The van der Waals surface area contributed by atoms with E-state index in [-0.39, 0.29) is 0 Å². The summed E-state index contributed by atoms with van der Waals surface area (Å²) in [5, 5.41) is 1.13. The number of aromatic nitrogens is 2. The van der Waals surface area contributed by atoms with Crippen LogP contribution in [0.1, 0.15) is 0 Å². The summed E-state index contributed by atoms with van der Waals surface area (Å²) >= 11 is 7.20. The quantitative estimate of drug-likeness (QED) is 0.683. The van der Waals surface area contributed by atoms with Gasteiger partial charge in [0.1, 0.15) is 5.52 Å². The average Bonchev–Trinajstić information content (AvgIpc) is 2.31. The summed E-state index contributed by atoms with van der Waals surface area (Å²) < 4.78 is 0.902. The molecule has 0 amide bonds. The van der Waals surface area contributed by atoms with Gasteiger partial charge in [0.2, 0.25) is 0 Å². The molecule has 0 aliphatic carbocycles. The molecule has 0 unspecified atom stereocenters. The van der Waals surface area contributed by atoms with E-state index in [2.05, 4.69) is 9.97 Å². The normalized spacial score (nSPS) is 10.6. The van der Waals surface area contributed by atoms with Gasteiger partial charge < -0.3 is 5.73 Å². The Morgan fingerprint density at radius 3 is 3.00 bits per heavy atom. The molecule has 0 atom stereocenters. The van der Waals surface area contributed by atoms with Crippen molar-refractivity contribution in [3.8, 4) is 0 Å². The fourth-order valence-electron chi connectivity index (χ4n) is 0.840. The van der Waals surface area contributed by atoms with Gasteiger partial charge in [-0.3, -0.25) is 4.98 Å². The first-order valence-corrected chi connectivity index (χ1v) is 4.12. The molecule has 0 aliphatic rings. The second-order valence-corrected chi connectivity index (χ2v) is 3.46. The van der Waals surface area contributed by atoms with Gasteiger partial charge in [0, 0.05) is 6.20 Å². The minimum atomic E-state index is 0.523. The van der Waals surface area contributed by atoms with Crippen LogP contribution in [0.5, 0.6) is 0 Å². The van der Waals surface area contributed by atoms with Gasteiger partial charge in [0.25, 0.3) is 0 Å². The van der Waals surface area contributed by atoms with E-state index in [0.29, 0.717) is 10.2 Å². The van der Waals surface area contributed by atoms with Gasteiger partial charge in [-0.05, 0) is 0 Å². The summed E-state index contributed by atoms with van der Waals surface area (Å²) in [6, 6.07) is 0. The molecule has 0 spiro atoms. The molecule has 56 valence electrons. The lowest BCUT2D eigenvalue weighted by Crippen LogP contribution is -1.79. The third-order valence-electron chi connectivity index (χ3n) is 1.27. The van der Waals surface area contributed by atoms with Gasteiger partial charge in [-0.25, -0.2) is 4.98 Å². The first kappa shape index (κ1) is 6.82. The zero-order chi connectivity index (χ0) is 7.84. The topological polar surface area (TPSA) is 51.8 Å². The molecule has 0 aliphatic heterocycles. The molecule has 0 fully saturated rings. The van der Waals surface area contributed by atoms with Crippen LogP contribution < -0.4 is 5.73 Å².